The first kappa shape index (κ1) is 45.6. The number of fused-ring (bicyclic) bond motifs is 1. The second kappa shape index (κ2) is 28.0. The molecule has 1 aromatic carbocycles. The van der Waals surface area contributed by atoms with Gasteiger partial charge >= 0.3 is 19.5 Å². The quantitative estimate of drug-likeness (QED) is 0.0322. The molecule has 52 heavy (non-hydrogen) atoms. The zero-order valence-corrected chi connectivity index (χ0v) is 33.2. The van der Waals surface area contributed by atoms with Crippen LogP contribution in [0, 0.1) is 0 Å². The monoisotopic (exact) mass is 749 g/mol. The second-order valence-corrected chi connectivity index (χ2v) is 16.3. The van der Waals surface area contributed by atoms with E-state index in [1.165, 1.54) is 89.9 Å². The largest absolute Gasteiger partial charge is 0.462 e. The number of carbonyl (C=O) groups excluding carboxylic acids is 4. The number of esters is 2. The van der Waals surface area contributed by atoms with Crippen LogP contribution in [0.25, 0.3) is 0 Å². The van der Waals surface area contributed by atoms with E-state index in [2.05, 4.69) is 13.8 Å². The average Bonchev–Trinajstić information content (AvgIpc) is 3.38. The number of rotatable bonds is 33. The van der Waals surface area contributed by atoms with Crippen molar-refractivity contribution < 1.29 is 42.6 Å². The van der Waals surface area contributed by atoms with Gasteiger partial charge in [0.05, 0.1) is 23.9 Å². The third-order valence-corrected chi connectivity index (χ3v) is 11.0. The average molecular weight is 750 g/mol. The van der Waals surface area contributed by atoms with E-state index in [-0.39, 0.29) is 37.1 Å². The zero-order chi connectivity index (χ0) is 37.9. The third-order valence-electron chi connectivity index (χ3n) is 9.64. The van der Waals surface area contributed by atoms with Crippen LogP contribution in [0.1, 0.15) is 189 Å². The Bertz CT molecular complexity index is 1190. The van der Waals surface area contributed by atoms with Crippen LogP contribution in [0.15, 0.2) is 24.3 Å². The Morgan fingerprint density at radius 1 is 0.635 bits per heavy atom. The standard InChI is InChI=1S/C41H68NO9P/c1-3-5-7-9-11-13-15-17-19-21-23-29-38(43)49-33-35(51-39(44)30-24-22-20-18-16-14-12-10-8-6-4-2)34-50-52(47,48)32-31-42-40(45)36-27-25-26-28-37(36)41(42)46/h25-28,35H,3-24,29-34H2,1-2H3,(H,47,48)/t35-/m0/s1. The molecule has 1 aliphatic heterocycles. The van der Waals surface area contributed by atoms with Gasteiger partial charge in [-0.25, -0.2) is 0 Å². The minimum Gasteiger partial charge on any atom is -0.462 e. The summed E-state index contributed by atoms with van der Waals surface area (Å²) in [6.07, 6.45) is 24.4. The lowest BCUT2D eigenvalue weighted by Gasteiger charge is -2.21. The Morgan fingerprint density at radius 3 is 1.48 bits per heavy atom. The lowest BCUT2D eigenvalue weighted by Crippen LogP contribution is -2.33. The fourth-order valence-electron chi connectivity index (χ4n) is 6.42. The third kappa shape index (κ3) is 20.1. The molecule has 2 rings (SSSR count). The van der Waals surface area contributed by atoms with Crippen molar-refractivity contribution in [3.8, 4) is 0 Å². The minimum absolute atomic E-state index is 0.191. The molecule has 1 unspecified atom stereocenters. The predicted molar refractivity (Wildman–Crippen MR) is 205 cm³/mol. The molecule has 296 valence electrons. The zero-order valence-electron chi connectivity index (χ0n) is 32.3. The summed E-state index contributed by atoms with van der Waals surface area (Å²) in [5.41, 5.74) is 0.502. The van der Waals surface area contributed by atoms with E-state index in [1.807, 2.05) is 0 Å². The molecule has 0 aromatic heterocycles. The molecule has 0 fully saturated rings. The Morgan fingerprint density at radius 2 is 1.04 bits per heavy atom. The first-order valence-corrected chi connectivity index (χ1v) is 22.2. The summed E-state index contributed by atoms with van der Waals surface area (Å²) in [7, 11) is -4.31. The molecule has 0 saturated carbocycles. The van der Waals surface area contributed by atoms with E-state index >= 15 is 0 Å². The van der Waals surface area contributed by atoms with Crippen molar-refractivity contribution in [2.45, 2.75) is 174 Å². The van der Waals surface area contributed by atoms with E-state index in [9.17, 15) is 28.6 Å². The highest BCUT2D eigenvalue weighted by atomic mass is 31.2. The van der Waals surface area contributed by atoms with Crippen LogP contribution in [-0.2, 0) is 28.2 Å². The number of unbranched alkanes of at least 4 members (excludes halogenated alkanes) is 20. The summed E-state index contributed by atoms with van der Waals surface area (Å²) in [6.45, 7) is 3.38. The Labute approximate surface area is 313 Å². The highest BCUT2D eigenvalue weighted by molar-refractivity contribution is 7.52. The molecule has 2 atom stereocenters. The molecule has 2 amide bonds. The van der Waals surface area contributed by atoms with Gasteiger partial charge in [0.2, 0.25) is 0 Å². The molecular formula is C41H68NO9P. The number of amides is 2. The molecular weight excluding hydrogens is 681 g/mol. The Hall–Kier alpha value is -2.55. The summed E-state index contributed by atoms with van der Waals surface area (Å²) in [6, 6.07) is 6.38. The van der Waals surface area contributed by atoms with Crippen molar-refractivity contribution in [3.63, 3.8) is 0 Å². The van der Waals surface area contributed by atoms with Gasteiger partial charge in [0.25, 0.3) is 11.8 Å². The fraction of sp³-hybridized carbons (Fsp3) is 0.756. The number of nitrogens with zero attached hydrogens (tertiary/aromatic N) is 1. The topological polar surface area (TPSA) is 137 Å². The highest BCUT2D eigenvalue weighted by Gasteiger charge is 2.36. The lowest BCUT2D eigenvalue weighted by atomic mass is 10.1. The van der Waals surface area contributed by atoms with Gasteiger partial charge in [-0.1, -0.05) is 154 Å². The van der Waals surface area contributed by atoms with Crippen molar-refractivity contribution in [2.75, 3.05) is 25.9 Å². The Kier molecular flexibility index (Phi) is 24.5. The minimum atomic E-state index is -4.31. The second-order valence-electron chi connectivity index (χ2n) is 14.3. The molecule has 0 spiro atoms. The van der Waals surface area contributed by atoms with Gasteiger partial charge in [-0.3, -0.25) is 28.6 Å². The fourth-order valence-corrected chi connectivity index (χ4v) is 7.40. The van der Waals surface area contributed by atoms with Gasteiger partial charge in [0.1, 0.15) is 6.61 Å². The normalized spacial score (nSPS) is 14.3. The number of ether oxygens (including phenoxy) is 2. The van der Waals surface area contributed by atoms with Crippen molar-refractivity contribution >= 4 is 31.3 Å². The van der Waals surface area contributed by atoms with Gasteiger partial charge in [0, 0.05) is 19.4 Å². The van der Waals surface area contributed by atoms with Crippen LogP contribution in [0.5, 0.6) is 0 Å². The number of imide groups is 1. The number of carbonyl (C=O) groups is 4. The maximum absolute atomic E-state index is 12.9. The van der Waals surface area contributed by atoms with E-state index in [0.717, 1.165) is 43.4 Å². The molecule has 0 aliphatic carbocycles. The van der Waals surface area contributed by atoms with E-state index < -0.39 is 50.2 Å². The molecule has 1 N–H and O–H groups in total. The molecule has 10 nitrogen and oxygen atoms in total. The molecule has 0 bridgehead atoms. The van der Waals surface area contributed by atoms with Gasteiger partial charge in [-0.15, -0.1) is 0 Å². The number of hydrogen-bond acceptors (Lipinski definition) is 8. The lowest BCUT2D eigenvalue weighted by molar-refractivity contribution is -0.161. The highest BCUT2D eigenvalue weighted by Crippen LogP contribution is 2.42. The summed E-state index contributed by atoms with van der Waals surface area (Å²) >= 11 is 0. The van der Waals surface area contributed by atoms with Crippen LogP contribution < -0.4 is 0 Å². The summed E-state index contributed by atoms with van der Waals surface area (Å²) < 4.78 is 29.2. The van der Waals surface area contributed by atoms with Crippen LogP contribution in [0.2, 0.25) is 0 Å². The summed E-state index contributed by atoms with van der Waals surface area (Å²) in [5.74, 6) is -1.95. The van der Waals surface area contributed by atoms with Crippen LogP contribution in [-0.4, -0.2) is 65.6 Å². The van der Waals surface area contributed by atoms with Gasteiger partial charge in [-0.05, 0) is 25.0 Å². The van der Waals surface area contributed by atoms with Gasteiger partial charge in [-0.2, -0.15) is 0 Å². The number of hydrogen-bond donors (Lipinski definition) is 1. The van der Waals surface area contributed by atoms with Crippen molar-refractivity contribution in [1.82, 2.24) is 4.90 Å². The van der Waals surface area contributed by atoms with Crippen LogP contribution >= 0.6 is 7.60 Å². The molecule has 11 heteroatoms. The summed E-state index contributed by atoms with van der Waals surface area (Å²) in [5, 5.41) is 0. The first-order chi connectivity index (χ1) is 25.2. The summed E-state index contributed by atoms with van der Waals surface area (Å²) in [4.78, 5) is 62.0. The number of benzene rings is 1. The van der Waals surface area contributed by atoms with E-state index in [0.29, 0.717) is 12.8 Å². The van der Waals surface area contributed by atoms with Gasteiger partial charge < -0.3 is 18.9 Å². The maximum atomic E-state index is 12.9. The smallest absolute Gasteiger partial charge is 0.330 e. The van der Waals surface area contributed by atoms with Gasteiger partial charge in [0.15, 0.2) is 6.10 Å². The maximum Gasteiger partial charge on any atom is 0.330 e. The Balaban J connectivity index is 1.75. The van der Waals surface area contributed by atoms with E-state index in [1.54, 1.807) is 24.3 Å². The SMILES string of the molecule is CCCCCCCCCCCCCC(=O)OC[C@@H](COP(=O)(O)CCN1C(=O)c2ccccc2C1=O)OC(=O)CCCCCCCCCCCCC. The van der Waals surface area contributed by atoms with Crippen molar-refractivity contribution in [3.05, 3.63) is 35.4 Å². The van der Waals surface area contributed by atoms with Crippen molar-refractivity contribution in [1.29, 1.82) is 0 Å². The molecule has 1 aromatic rings. The van der Waals surface area contributed by atoms with E-state index in [4.69, 9.17) is 14.0 Å². The first-order valence-electron chi connectivity index (χ1n) is 20.4. The molecule has 1 aliphatic rings. The van der Waals surface area contributed by atoms with Crippen molar-refractivity contribution in [2.24, 2.45) is 0 Å². The molecule has 0 saturated heterocycles. The van der Waals surface area contributed by atoms with Crippen LogP contribution in [0.3, 0.4) is 0 Å². The predicted octanol–water partition coefficient (Wildman–Crippen LogP) is 10.3. The molecule has 0 radical (unpaired) electrons. The molecule has 1 heterocycles. The van der Waals surface area contributed by atoms with Crippen LogP contribution in [0.4, 0.5) is 0 Å².